The predicted molar refractivity (Wildman–Crippen MR) is 134 cm³/mol. The molecule has 2 heterocycles. The van der Waals surface area contributed by atoms with Gasteiger partial charge < -0.3 is 9.64 Å². The van der Waals surface area contributed by atoms with Gasteiger partial charge in [-0.05, 0) is 72.7 Å². The molecule has 0 spiro atoms. The van der Waals surface area contributed by atoms with Gasteiger partial charge in [0.1, 0.15) is 0 Å². The molecule has 0 saturated carbocycles. The van der Waals surface area contributed by atoms with Crippen molar-refractivity contribution in [1.82, 2.24) is 4.90 Å². The Morgan fingerprint density at radius 2 is 1.47 bits per heavy atom. The van der Waals surface area contributed by atoms with Crippen LogP contribution in [0.3, 0.4) is 0 Å². The summed E-state index contributed by atoms with van der Waals surface area (Å²) in [5.74, 6) is -0.382. The Morgan fingerprint density at radius 3 is 2.18 bits per heavy atom. The van der Waals surface area contributed by atoms with E-state index in [0.29, 0.717) is 29.3 Å². The number of anilines is 2. The fourth-order valence-corrected chi connectivity index (χ4v) is 5.15. The van der Waals surface area contributed by atoms with Crippen molar-refractivity contribution in [1.29, 1.82) is 0 Å². The Balaban J connectivity index is 1.33. The van der Waals surface area contributed by atoms with Crippen LogP contribution in [-0.4, -0.2) is 36.9 Å². The first-order chi connectivity index (χ1) is 16.6. The SMILES string of the molecule is COCc1ccc2c(c1)CCc1ccc(Cl)cc1N2CCCCN1C(=O)c2ccccc2C1=O. The molecule has 0 bridgehead atoms. The number of methoxy groups -OCH3 is 1. The maximum Gasteiger partial charge on any atom is 0.261 e. The molecule has 34 heavy (non-hydrogen) atoms. The summed E-state index contributed by atoms with van der Waals surface area (Å²) in [6.07, 6.45) is 3.46. The van der Waals surface area contributed by atoms with E-state index in [4.69, 9.17) is 16.3 Å². The zero-order valence-corrected chi connectivity index (χ0v) is 20.0. The molecule has 2 aliphatic rings. The number of hydrogen-bond acceptors (Lipinski definition) is 4. The van der Waals surface area contributed by atoms with Crippen LogP contribution in [0.25, 0.3) is 0 Å². The molecule has 0 aromatic heterocycles. The minimum atomic E-state index is -0.191. The van der Waals surface area contributed by atoms with Crippen molar-refractivity contribution in [3.63, 3.8) is 0 Å². The third kappa shape index (κ3) is 4.22. The Hall–Kier alpha value is -3.15. The van der Waals surface area contributed by atoms with Crippen LogP contribution in [-0.2, 0) is 24.2 Å². The zero-order chi connectivity index (χ0) is 23.7. The number of aryl methyl sites for hydroxylation is 2. The summed E-state index contributed by atoms with van der Waals surface area (Å²) in [6.45, 7) is 1.78. The van der Waals surface area contributed by atoms with Gasteiger partial charge >= 0.3 is 0 Å². The fourth-order valence-electron chi connectivity index (χ4n) is 4.98. The van der Waals surface area contributed by atoms with Crippen LogP contribution in [0.2, 0.25) is 5.02 Å². The number of rotatable bonds is 7. The average Bonchev–Trinajstić information content (AvgIpc) is 2.99. The van der Waals surface area contributed by atoms with Crippen LogP contribution in [0.4, 0.5) is 11.4 Å². The van der Waals surface area contributed by atoms with E-state index in [1.807, 2.05) is 12.1 Å². The van der Waals surface area contributed by atoms with Crippen LogP contribution >= 0.6 is 11.6 Å². The van der Waals surface area contributed by atoms with Crippen molar-refractivity contribution in [2.24, 2.45) is 0 Å². The molecule has 2 aliphatic heterocycles. The van der Waals surface area contributed by atoms with Gasteiger partial charge in [0, 0.05) is 36.6 Å². The first-order valence-corrected chi connectivity index (χ1v) is 12.1. The van der Waals surface area contributed by atoms with Gasteiger partial charge in [0.25, 0.3) is 11.8 Å². The number of halogens is 1. The van der Waals surface area contributed by atoms with Gasteiger partial charge in [-0.2, -0.15) is 0 Å². The maximum absolute atomic E-state index is 12.7. The molecule has 0 saturated heterocycles. The molecule has 0 fully saturated rings. The number of fused-ring (bicyclic) bond motifs is 3. The highest BCUT2D eigenvalue weighted by Crippen LogP contribution is 2.38. The van der Waals surface area contributed by atoms with Crippen molar-refractivity contribution in [2.75, 3.05) is 25.1 Å². The average molecular weight is 475 g/mol. The topological polar surface area (TPSA) is 49.9 Å². The molecule has 0 aliphatic carbocycles. The summed E-state index contributed by atoms with van der Waals surface area (Å²) in [5.41, 5.74) is 7.05. The van der Waals surface area contributed by atoms with Crippen LogP contribution < -0.4 is 4.90 Å². The van der Waals surface area contributed by atoms with Gasteiger partial charge in [-0.1, -0.05) is 41.9 Å². The van der Waals surface area contributed by atoms with Gasteiger partial charge in [0.15, 0.2) is 0 Å². The lowest BCUT2D eigenvalue weighted by molar-refractivity contribution is 0.0652. The van der Waals surface area contributed by atoms with E-state index in [9.17, 15) is 9.59 Å². The third-order valence-electron chi connectivity index (χ3n) is 6.64. The van der Waals surface area contributed by atoms with Gasteiger partial charge in [-0.3, -0.25) is 14.5 Å². The quantitative estimate of drug-likeness (QED) is 0.321. The number of unbranched alkanes of at least 4 members (excludes halogenated alkanes) is 1. The monoisotopic (exact) mass is 474 g/mol. The van der Waals surface area contributed by atoms with Crippen molar-refractivity contribution >= 4 is 34.8 Å². The smallest absolute Gasteiger partial charge is 0.261 e. The predicted octanol–water partition coefficient (Wildman–Crippen LogP) is 5.80. The normalized spacial score (nSPS) is 14.6. The molecular weight excluding hydrogens is 448 g/mol. The van der Waals surface area contributed by atoms with Crippen LogP contribution in [0, 0.1) is 0 Å². The molecule has 3 aromatic rings. The van der Waals surface area contributed by atoms with Gasteiger partial charge in [-0.25, -0.2) is 0 Å². The first kappa shape index (κ1) is 22.6. The van der Waals surface area contributed by atoms with Crippen molar-refractivity contribution in [3.05, 3.63) is 93.5 Å². The summed E-state index contributed by atoms with van der Waals surface area (Å²) in [4.78, 5) is 29.1. The second-order valence-corrected chi connectivity index (χ2v) is 9.27. The van der Waals surface area contributed by atoms with Gasteiger partial charge in [0.05, 0.1) is 17.7 Å². The van der Waals surface area contributed by atoms with E-state index in [1.54, 1.807) is 31.4 Å². The Morgan fingerprint density at radius 1 is 0.794 bits per heavy atom. The number of carbonyl (C=O) groups is 2. The van der Waals surface area contributed by atoms with Gasteiger partial charge in [0.2, 0.25) is 0 Å². The van der Waals surface area contributed by atoms with Crippen LogP contribution in [0.1, 0.15) is 50.2 Å². The number of hydrogen-bond donors (Lipinski definition) is 0. The summed E-state index contributed by atoms with van der Waals surface area (Å²) < 4.78 is 5.33. The molecule has 5 nitrogen and oxygen atoms in total. The zero-order valence-electron chi connectivity index (χ0n) is 19.2. The van der Waals surface area contributed by atoms with E-state index >= 15 is 0 Å². The molecule has 2 amide bonds. The first-order valence-electron chi connectivity index (χ1n) is 11.7. The minimum Gasteiger partial charge on any atom is -0.380 e. The van der Waals surface area contributed by atoms with Crippen LogP contribution in [0.15, 0.2) is 60.7 Å². The third-order valence-corrected chi connectivity index (χ3v) is 6.87. The van der Waals surface area contributed by atoms with Gasteiger partial charge in [-0.15, -0.1) is 0 Å². The molecule has 174 valence electrons. The number of nitrogens with zero attached hydrogens (tertiary/aromatic N) is 2. The Labute approximate surface area is 204 Å². The van der Waals surface area contributed by atoms with E-state index < -0.39 is 0 Å². The maximum atomic E-state index is 12.7. The summed E-state index contributed by atoms with van der Waals surface area (Å²) in [6, 6.07) is 19.7. The lowest BCUT2D eigenvalue weighted by Gasteiger charge is -2.28. The second kappa shape index (κ2) is 9.61. The van der Waals surface area contributed by atoms with E-state index in [1.165, 1.54) is 21.7 Å². The standard InChI is InChI=1S/C28H27ClN2O3/c1-34-18-19-8-13-25-21(16-19)10-9-20-11-12-22(29)17-26(20)30(25)14-4-5-15-31-27(32)23-6-2-3-7-24(23)28(31)33/h2-3,6-8,11-13,16-17H,4-5,9-10,14-15,18H2,1H3. The number of imide groups is 1. The Kier molecular flexibility index (Phi) is 6.40. The lowest BCUT2D eigenvalue weighted by Crippen LogP contribution is -2.31. The van der Waals surface area contributed by atoms with Crippen LogP contribution in [0.5, 0.6) is 0 Å². The van der Waals surface area contributed by atoms with Crippen molar-refractivity contribution in [3.8, 4) is 0 Å². The molecule has 3 aromatic carbocycles. The molecule has 0 N–H and O–H groups in total. The number of ether oxygens (including phenoxy) is 1. The molecule has 0 atom stereocenters. The highest BCUT2D eigenvalue weighted by Gasteiger charge is 2.34. The number of amides is 2. The number of benzene rings is 3. The summed E-state index contributed by atoms with van der Waals surface area (Å²) in [7, 11) is 1.71. The van der Waals surface area contributed by atoms with E-state index in [0.717, 1.165) is 43.5 Å². The second-order valence-electron chi connectivity index (χ2n) is 8.84. The fraction of sp³-hybridized carbons (Fsp3) is 0.286. The minimum absolute atomic E-state index is 0.191. The number of carbonyl (C=O) groups excluding carboxylic acids is 2. The summed E-state index contributed by atoms with van der Waals surface area (Å²) >= 11 is 6.39. The largest absolute Gasteiger partial charge is 0.380 e. The molecule has 6 heteroatoms. The highest BCUT2D eigenvalue weighted by molar-refractivity contribution is 6.31. The molecule has 0 unspecified atom stereocenters. The van der Waals surface area contributed by atoms with E-state index in [2.05, 4.69) is 29.2 Å². The molecule has 0 radical (unpaired) electrons. The van der Waals surface area contributed by atoms with E-state index in [-0.39, 0.29) is 11.8 Å². The van der Waals surface area contributed by atoms with Crippen molar-refractivity contribution in [2.45, 2.75) is 32.3 Å². The molecule has 5 rings (SSSR count). The highest BCUT2D eigenvalue weighted by atomic mass is 35.5. The Bertz CT molecular complexity index is 1220. The molecular formula is C28H27ClN2O3. The van der Waals surface area contributed by atoms with Crippen molar-refractivity contribution < 1.29 is 14.3 Å². The lowest BCUT2D eigenvalue weighted by atomic mass is 10.0. The summed E-state index contributed by atoms with van der Waals surface area (Å²) in [5, 5.41) is 0.717.